The first kappa shape index (κ1) is 11.1. The molecule has 1 aromatic rings. The molecule has 0 unspecified atom stereocenters. The van der Waals surface area contributed by atoms with Gasteiger partial charge in [-0.15, -0.1) is 9.93 Å². The summed E-state index contributed by atoms with van der Waals surface area (Å²) >= 11 is 0. The lowest BCUT2D eigenvalue weighted by Crippen LogP contribution is -2.20. The number of aryl methyl sites for hydroxylation is 1. The standard InChI is InChI=1S/C11H16O2S/c1-9-6-4-5-7-10(9)11(12)8-14(2,3)13/h4-7,14H,8H2,1-3H3. The van der Waals surface area contributed by atoms with Crippen LogP contribution in [0.15, 0.2) is 24.3 Å². The molecule has 3 heteroatoms. The predicted molar refractivity (Wildman–Crippen MR) is 61.8 cm³/mol. The second kappa shape index (κ2) is 4.05. The van der Waals surface area contributed by atoms with E-state index in [-0.39, 0.29) is 11.5 Å². The number of carbonyl (C=O) groups excluding carboxylic acids is 1. The molecule has 0 fully saturated rings. The SMILES string of the molecule is Cc1ccccc1C(=O)C[SH](C)(C)=O. The molecule has 78 valence electrons. The second-order valence-corrected chi connectivity index (χ2v) is 7.43. The highest BCUT2D eigenvalue weighted by Gasteiger charge is 2.12. The summed E-state index contributed by atoms with van der Waals surface area (Å²) in [5.41, 5.74) is 1.64. The molecule has 0 spiro atoms. The number of thiol groups is 1. The lowest BCUT2D eigenvalue weighted by molar-refractivity contribution is 0.102. The molecule has 0 heterocycles. The van der Waals surface area contributed by atoms with Gasteiger partial charge < -0.3 is 0 Å². The number of hydrogen-bond acceptors (Lipinski definition) is 2. The van der Waals surface area contributed by atoms with Crippen LogP contribution < -0.4 is 0 Å². The van der Waals surface area contributed by atoms with Gasteiger partial charge in [0.2, 0.25) is 0 Å². The molecule has 0 saturated heterocycles. The molecular weight excluding hydrogens is 196 g/mol. The topological polar surface area (TPSA) is 34.1 Å². The largest absolute Gasteiger partial charge is 0.293 e. The van der Waals surface area contributed by atoms with Crippen LogP contribution in [0.4, 0.5) is 0 Å². The van der Waals surface area contributed by atoms with E-state index in [9.17, 15) is 9.00 Å². The van der Waals surface area contributed by atoms with E-state index in [1.165, 1.54) is 0 Å². The third-order valence-corrected chi connectivity index (χ3v) is 3.02. The van der Waals surface area contributed by atoms with Crippen LogP contribution >= 0.6 is 0 Å². The number of Topliss-reactive ketones (excluding diaryl/α,β-unsaturated/α-hetero) is 1. The van der Waals surface area contributed by atoms with E-state index in [1.807, 2.05) is 25.1 Å². The molecule has 0 aliphatic carbocycles. The fourth-order valence-corrected chi connectivity index (χ4v) is 2.18. The van der Waals surface area contributed by atoms with Crippen molar-refractivity contribution in [2.75, 3.05) is 18.3 Å². The fourth-order valence-electron chi connectivity index (χ4n) is 1.32. The van der Waals surface area contributed by atoms with E-state index in [4.69, 9.17) is 0 Å². The summed E-state index contributed by atoms with van der Waals surface area (Å²) in [4.78, 5) is 11.7. The van der Waals surface area contributed by atoms with E-state index in [2.05, 4.69) is 0 Å². The molecule has 0 amide bonds. The third kappa shape index (κ3) is 3.07. The number of benzene rings is 1. The Morgan fingerprint density at radius 1 is 1.29 bits per heavy atom. The third-order valence-electron chi connectivity index (χ3n) is 1.97. The average Bonchev–Trinajstić information content (AvgIpc) is 2.01. The van der Waals surface area contributed by atoms with Crippen molar-refractivity contribution >= 4 is 15.7 Å². The van der Waals surface area contributed by atoms with Crippen LogP contribution in [0, 0.1) is 6.92 Å². The Morgan fingerprint density at radius 2 is 1.86 bits per heavy atom. The summed E-state index contributed by atoms with van der Waals surface area (Å²) in [5, 5.41) is 0. The molecule has 0 atom stereocenters. The van der Waals surface area contributed by atoms with Crippen molar-refractivity contribution in [3.05, 3.63) is 35.4 Å². The molecule has 0 N–H and O–H groups in total. The summed E-state index contributed by atoms with van der Waals surface area (Å²) in [5.74, 6) is 0.147. The Kier molecular flexibility index (Phi) is 3.21. The van der Waals surface area contributed by atoms with Crippen molar-refractivity contribution in [2.24, 2.45) is 0 Å². The summed E-state index contributed by atoms with van der Waals surface area (Å²) in [6.45, 7) is 1.89. The first-order valence-electron chi connectivity index (χ1n) is 4.53. The van der Waals surface area contributed by atoms with Gasteiger partial charge in [0.25, 0.3) is 0 Å². The van der Waals surface area contributed by atoms with Gasteiger partial charge in [-0.1, -0.05) is 24.3 Å². The number of carbonyl (C=O) groups is 1. The average molecular weight is 212 g/mol. The van der Waals surface area contributed by atoms with Crippen molar-refractivity contribution in [2.45, 2.75) is 6.92 Å². The van der Waals surface area contributed by atoms with Crippen LogP contribution in [-0.4, -0.2) is 28.3 Å². The van der Waals surface area contributed by atoms with Crippen LogP contribution in [0.25, 0.3) is 0 Å². The van der Waals surface area contributed by atoms with E-state index in [0.717, 1.165) is 5.56 Å². The van der Waals surface area contributed by atoms with Gasteiger partial charge in [0.1, 0.15) is 0 Å². The van der Waals surface area contributed by atoms with Gasteiger partial charge >= 0.3 is 0 Å². The molecule has 0 radical (unpaired) electrons. The van der Waals surface area contributed by atoms with Crippen LogP contribution in [0.5, 0.6) is 0 Å². The van der Waals surface area contributed by atoms with Crippen molar-refractivity contribution in [1.29, 1.82) is 0 Å². The first-order valence-corrected chi connectivity index (χ1v) is 7.31. The summed E-state index contributed by atoms with van der Waals surface area (Å²) in [6, 6.07) is 7.40. The van der Waals surface area contributed by atoms with Crippen LogP contribution in [0.2, 0.25) is 0 Å². The van der Waals surface area contributed by atoms with Crippen molar-refractivity contribution in [1.82, 2.24) is 0 Å². The molecule has 14 heavy (non-hydrogen) atoms. The lowest BCUT2D eigenvalue weighted by atomic mass is 10.1. The molecule has 0 aliphatic rings. The van der Waals surface area contributed by atoms with E-state index >= 15 is 0 Å². The Hall–Kier alpha value is -0.960. The minimum absolute atomic E-state index is 0.0172. The van der Waals surface area contributed by atoms with Crippen molar-refractivity contribution in [3.63, 3.8) is 0 Å². The Morgan fingerprint density at radius 3 is 2.36 bits per heavy atom. The quantitative estimate of drug-likeness (QED) is 0.608. The highest BCUT2D eigenvalue weighted by molar-refractivity contribution is 8.02. The van der Waals surface area contributed by atoms with Gasteiger partial charge in [0, 0.05) is 5.56 Å². The van der Waals surface area contributed by atoms with Crippen LogP contribution in [0.1, 0.15) is 15.9 Å². The van der Waals surface area contributed by atoms with Crippen LogP contribution in [-0.2, 0) is 9.93 Å². The molecule has 0 saturated carbocycles. The van der Waals surface area contributed by atoms with Gasteiger partial charge in [0.15, 0.2) is 5.78 Å². The highest BCUT2D eigenvalue weighted by atomic mass is 32.2. The smallest absolute Gasteiger partial charge is 0.173 e. The fraction of sp³-hybridized carbons (Fsp3) is 0.364. The van der Waals surface area contributed by atoms with E-state index in [0.29, 0.717) is 5.56 Å². The zero-order valence-corrected chi connectivity index (χ0v) is 9.67. The maximum Gasteiger partial charge on any atom is 0.173 e. The maximum absolute atomic E-state index is 11.7. The molecule has 1 aromatic carbocycles. The first-order chi connectivity index (χ1) is 6.40. The Balaban J connectivity index is 2.91. The van der Waals surface area contributed by atoms with Crippen molar-refractivity contribution < 1.29 is 9.00 Å². The molecular formula is C11H16O2S. The van der Waals surface area contributed by atoms with Crippen LogP contribution in [0.3, 0.4) is 0 Å². The zero-order chi connectivity index (χ0) is 10.8. The summed E-state index contributed by atoms with van der Waals surface area (Å²) < 4.78 is 11.5. The minimum Gasteiger partial charge on any atom is -0.293 e. The summed E-state index contributed by atoms with van der Waals surface area (Å²) in [6.07, 6.45) is 3.28. The number of ketones is 1. The van der Waals surface area contributed by atoms with Crippen molar-refractivity contribution in [3.8, 4) is 0 Å². The highest BCUT2D eigenvalue weighted by Crippen LogP contribution is 2.09. The van der Waals surface area contributed by atoms with Gasteiger partial charge in [-0.25, -0.2) is 0 Å². The summed E-state index contributed by atoms with van der Waals surface area (Å²) in [7, 11) is -2.26. The monoisotopic (exact) mass is 212 g/mol. The molecule has 1 rings (SSSR count). The van der Waals surface area contributed by atoms with Gasteiger partial charge in [0.05, 0.1) is 5.75 Å². The Bertz CT molecular complexity index is 390. The Labute approximate surface area is 85.8 Å². The molecule has 0 aromatic heterocycles. The maximum atomic E-state index is 11.7. The normalized spacial score (nSPS) is 12.5. The number of rotatable bonds is 3. The van der Waals surface area contributed by atoms with Gasteiger partial charge in [-0.3, -0.25) is 9.00 Å². The number of hydrogen-bond donors (Lipinski definition) is 1. The molecule has 0 bridgehead atoms. The van der Waals surface area contributed by atoms with Gasteiger partial charge in [-0.2, -0.15) is 0 Å². The molecule has 2 nitrogen and oxygen atoms in total. The lowest BCUT2D eigenvalue weighted by Gasteiger charge is -2.11. The second-order valence-electron chi connectivity index (χ2n) is 3.97. The minimum atomic E-state index is -2.26. The van der Waals surface area contributed by atoms with Gasteiger partial charge in [-0.05, 0) is 25.0 Å². The molecule has 0 aliphatic heterocycles. The zero-order valence-electron chi connectivity index (χ0n) is 8.78. The predicted octanol–water partition coefficient (Wildman–Crippen LogP) is 1.45. The van der Waals surface area contributed by atoms with E-state index in [1.54, 1.807) is 18.6 Å². The van der Waals surface area contributed by atoms with E-state index < -0.39 is 9.93 Å².